The Hall–Kier alpha value is -1.10. The summed E-state index contributed by atoms with van der Waals surface area (Å²) in [5.74, 6) is -1.46. The summed E-state index contributed by atoms with van der Waals surface area (Å²) in [5.41, 5.74) is 5.27. The molecule has 0 aromatic heterocycles. The van der Waals surface area contributed by atoms with Crippen LogP contribution in [0.5, 0.6) is 0 Å². The van der Waals surface area contributed by atoms with Crippen LogP contribution in [0.3, 0.4) is 0 Å². The van der Waals surface area contributed by atoms with Crippen molar-refractivity contribution in [1.82, 2.24) is 5.32 Å². The van der Waals surface area contributed by atoms with Crippen molar-refractivity contribution in [1.29, 1.82) is 0 Å². The number of nitrogens with two attached hydrogens (primary N) is 1. The fourth-order valence-corrected chi connectivity index (χ4v) is 0.660. The van der Waals surface area contributed by atoms with Gasteiger partial charge in [-0.3, -0.25) is 9.59 Å². The minimum Gasteiger partial charge on any atom is -0.481 e. The smallest absolute Gasteiger partial charge is 0.305 e. The molecule has 4 N–H and O–H groups in total. The molecule has 0 spiro atoms. The summed E-state index contributed by atoms with van der Waals surface area (Å²) in [6.07, 6.45) is 0.487. The third-order valence-corrected chi connectivity index (χ3v) is 1.28. The Balaban J connectivity index is 3.69. The highest BCUT2D eigenvalue weighted by Crippen LogP contribution is 1.87. The van der Waals surface area contributed by atoms with Gasteiger partial charge in [0.1, 0.15) is 0 Å². The van der Waals surface area contributed by atoms with Gasteiger partial charge >= 0.3 is 5.97 Å². The normalized spacial score (nSPS) is 12.2. The van der Waals surface area contributed by atoms with Crippen molar-refractivity contribution in [3.63, 3.8) is 0 Å². The molecule has 5 nitrogen and oxygen atoms in total. The van der Waals surface area contributed by atoms with Crippen LogP contribution >= 0.6 is 0 Å². The number of aliphatic carboxylic acids is 1. The van der Waals surface area contributed by atoms with Crippen LogP contribution in [0, 0.1) is 0 Å². The van der Waals surface area contributed by atoms with E-state index in [2.05, 4.69) is 5.32 Å². The van der Waals surface area contributed by atoms with Crippen molar-refractivity contribution < 1.29 is 14.7 Å². The SMILES string of the molecule is CCCNC(=O)[C@@H](N)CC(=O)O. The van der Waals surface area contributed by atoms with Crippen LogP contribution in [0.1, 0.15) is 19.8 Å². The van der Waals surface area contributed by atoms with Gasteiger partial charge in [0.05, 0.1) is 12.5 Å². The Bertz CT molecular complexity index is 170. The van der Waals surface area contributed by atoms with Gasteiger partial charge in [-0.15, -0.1) is 0 Å². The number of carbonyl (C=O) groups is 2. The number of rotatable bonds is 5. The number of hydrogen-bond donors (Lipinski definition) is 3. The average molecular weight is 174 g/mol. The van der Waals surface area contributed by atoms with Crippen molar-refractivity contribution in [3.05, 3.63) is 0 Å². The molecule has 0 heterocycles. The molecule has 12 heavy (non-hydrogen) atoms. The highest BCUT2D eigenvalue weighted by atomic mass is 16.4. The molecule has 5 heteroatoms. The van der Waals surface area contributed by atoms with Gasteiger partial charge in [0.2, 0.25) is 5.91 Å². The first kappa shape index (κ1) is 10.9. The third-order valence-electron chi connectivity index (χ3n) is 1.28. The molecule has 0 bridgehead atoms. The molecule has 0 aliphatic rings. The summed E-state index contributed by atoms with van der Waals surface area (Å²) < 4.78 is 0. The van der Waals surface area contributed by atoms with Crippen molar-refractivity contribution in [3.8, 4) is 0 Å². The van der Waals surface area contributed by atoms with E-state index in [0.717, 1.165) is 6.42 Å². The van der Waals surface area contributed by atoms with E-state index in [1.807, 2.05) is 6.92 Å². The van der Waals surface area contributed by atoms with Crippen LogP contribution in [0.4, 0.5) is 0 Å². The van der Waals surface area contributed by atoms with E-state index in [4.69, 9.17) is 10.8 Å². The minimum absolute atomic E-state index is 0.324. The Kier molecular flexibility index (Phi) is 5.03. The van der Waals surface area contributed by atoms with Crippen molar-refractivity contribution in [2.24, 2.45) is 5.73 Å². The van der Waals surface area contributed by atoms with Gasteiger partial charge in [-0.1, -0.05) is 6.92 Å². The molecule has 0 saturated heterocycles. The second-order valence-electron chi connectivity index (χ2n) is 2.50. The molecule has 0 aromatic carbocycles. The van der Waals surface area contributed by atoms with E-state index >= 15 is 0 Å². The van der Waals surface area contributed by atoms with E-state index in [1.54, 1.807) is 0 Å². The predicted octanol–water partition coefficient (Wildman–Crippen LogP) is -0.685. The quantitative estimate of drug-likeness (QED) is 0.514. The van der Waals surface area contributed by atoms with E-state index in [0.29, 0.717) is 6.54 Å². The monoisotopic (exact) mass is 174 g/mol. The lowest BCUT2D eigenvalue weighted by atomic mass is 10.2. The van der Waals surface area contributed by atoms with Gasteiger partial charge in [-0.05, 0) is 6.42 Å². The Morgan fingerprint density at radius 1 is 1.58 bits per heavy atom. The standard InChI is InChI=1S/C7H14N2O3/c1-2-3-9-7(12)5(8)4-6(10)11/h5H,2-4,8H2,1H3,(H,9,12)(H,10,11)/t5-/m0/s1. The maximum absolute atomic E-state index is 10.9. The Labute approximate surface area is 70.9 Å². The van der Waals surface area contributed by atoms with Gasteiger partial charge in [0, 0.05) is 6.54 Å². The molecule has 0 aromatic rings. The summed E-state index contributed by atoms with van der Waals surface area (Å²) in [4.78, 5) is 21.1. The van der Waals surface area contributed by atoms with Gasteiger partial charge in [0.25, 0.3) is 0 Å². The molecule has 0 rings (SSSR count). The van der Waals surface area contributed by atoms with Gasteiger partial charge in [-0.2, -0.15) is 0 Å². The first-order valence-corrected chi connectivity index (χ1v) is 3.83. The van der Waals surface area contributed by atoms with Crippen molar-refractivity contribution >= 4 is 11.9 Å². The van der Waals surface area contributed by atoms with Gasteiger partial charge in [-0.25, -0.2) is 0 Å². The molecule has 1 atom stereocenters. The lowest BCUT2D eigenvalue weighted by Crippen LogP contribution is -2.42. The van der Waals surface area contributed by atoms with Gasteiger partial charge < -0.3 is 16.2 Å². The number of carbonyl (C=O) groups excluding carboxylic acids is 1. The zero-order valence-electron chi connectivity index (χ0n) is 7.04. The topological polar surface area (TPSA) is 92.4 Å². The average Bonchev–Trinajstić information content (AvgIpc) is 1.98. The summed E-state index contributed by atoms with van der Waals surface area (Å²) in [7, 11) is 0. The maximum atomic E-state index is 10.9. The van der Waals surface area contributed by atoms with Crippen molar-refractivity contribution in [2.75, 3.05) is 6.54 Å². The maximum Gasteiger partial charge on any atom is 0.305 e. The van der Waals surface area contributed by atoms with Crippen LogP contribution < -0.4 is 11.1 Å². The largest absolute Gasteiger partial charge is 0.481 e. The van der Waals surface area contributed by atoms with Crippen LogP contribution in [-0.2, 0) is 9.59 Å². The summed E-state index contributed by atoms with van der Waals surface area (Å²) in [6, 6.07) is -0.936. The molecule has 0 aliphatic heterocycles. The summed E-state index contributed by atoms with van der Waals surface area (Å²) in [6.45, 7) is 2.44. The Morgan fingerprint density at radius 3 is 2.58 bits per heavy atom. The molecular formula is C7H14N2O3. The molecule has 0 unspecified atom stereocenters. The molecule has 0 saturated carbocycles. The second-order valence-corrected chi connectivity index (χ2v) is 2.50. The lowest BCUT2D eigenvalue weighted by Gasteiger charge is -2.08. The van der Waals surface area contributed by atoms with Crippen LogP contribution in [0.15, 0.2) is 0 Å². The second kappa shape index (κ2) is 5.54. The first-order chi connectivity index (χ1) is 5.57. The van der Waals surface area contributed by atoms with E-state index in [9.17, 15) is 9.59 Å². The zero-order valence-corrected chi connectivity index (χ0v) is 7.04. The third kappa shape index (κ3) is 4.68. The van der Waals surface area contributed by atoms with Gasteiger partial charge in [0.15, 0.2) is 0 Å². The minimum atomic E-state index is -1.06. The summed E-state index contributed by atoms with van der Waals surface area (Å²) >= 11 is 0. The zero-order chi connectivity index (χ0) is 9.56. The van der Waals surface area contributed by atoms with Crippen LogP contribution in [0.2, 0.25) is 0 Å². The van der Waals surface area contributed by atoms with E-state index in [1.165, 1.54) is 0 Å². The van der Waals surface area contributed by atoms with E-state index < -0.39 is 17.9 Å². The molecule has 0 aliphatic carbocycles. The van der Waals surface area contributed by atoms with Crippen molar-refractivity contribution in [2.45, 2.75) is 25.8 Å². The number of hydrogen-bond acceptors (Lipinski definition) is 3. The Morgan fingerprint density at radius 2 is 2.17 bits per heavy atom. The number of carboxylic acids is 1. The fraction of sp³-hybridized carbons (Fsp3) is 0.714. The number of carboxylic acid groups (broad SMARTS) is 1. The van der Waals surface area contributed by atoms with Crippen LogP contribution in [0.25, 0.3) is 0 Å². The molecule has 70 valence electrons. The number of nitrogens with one attached hydrogen (secondary N) is 1. The highest BCUT2D eigenvalue weighted by molar-refractivity contribution is 5.85. The molecule has 0 fully saturated rings. The highest BCUT2D eigenvalue weighted by Gasteiger charge is 2.15. The lowest BCUT2D eigenvalue weighted by molar-refractivity contribution is -0.139. The van der Waals surface area contributed by atoms with E-state index in [-0.39, 0.29) is 6.42 Å². The van der Waals surface area contributed by atoms with Crippen LogP contribution in [-0.4, -0.2) is 29.6 Å². The number of amides is 1. The molecular weight excluding hydrogens is 160 g/mol. The first-order valence-electron chi connectivity index (χ1n) is 3.83. The fourth-order valence-electron chi connectivity index (χ4n) is 0.660. The summed E-state index contributed by atoms with van der Waals surface area (Å²) in [5, 5.41) is 10.8. The predicted molar refractivity (Wildman–Crippen MR) is 43.5 cm³/mol. The molecule has 1 amide bonds. The molecule has 0 radical (unpaired) electrons.